The highest BCUT2D eigenvalue weighted by Gasteiger charge is 2.23. The SMILES string of the molecule is COc1cc(N)ccc1CN1c2ccccc2CCC1C. The normalized spacial score (nSPS) is 17.4. The molecule has 1 aliphatic rings. The number of anilines is 2. The van der Waals surface area contributed by atoms with Crippen molar-refractivity contribution in [3.63, 3.8) is 0 Å². The zero-order valence-corrected chi connectivity index (χ0v) is 12.7. The molecule has 1 heterocycles. The Morgan fingerprint density at radius 2 is 2.05 bits per heavy atom. The van der Waals surface area contributed by atoms with Crippen LogP contribution in [-0.2, 0) is 13.0 Å². The number of ether oxygens (including phenoxy) is 1. The van der Waals surface area contributed by atoms with Gasteiger partial charge in [-0.05, 0) is 37.5 Å². The summed E-state index contributed by atoms with van der Waals surface area (Å²) in [5.41, 5.74) is 10.5. The number of aryl methyl sites for hydroxylation is 1. The molecule has 0 fully saturated rings. The standard InChI is InChI=1S/C18H22N2O/c1-13-7-8-14-5-3-4-6-17(14)20(13)12-15-9-10-16(19)11-18(15)21-2/h3-6,9-11,13H,7-8,12,19H2,1-2H3. The molecule has 0 bridgehead atoms. The molecule has 3 nitrogen and oxygen atoms in total. The first-order chi connectivity index (χ1) is 10.2. The maximum atomic E-state index is 5.85. The van der Waals surface area contributed by atoms with Crippen LogP contribution >= 0.6 is 0 Å². The summed E-state index contributed by atoms with van der Waals surface area (Å²) >= 11 is 0. The lowest BCUT2D eigenvalue weighted by Crippen LogP contribution is -2.36. The minimum Gasteiger partial charge on any atom is -0.496 e. The number of rotatable bonds is 3. The second-order valence-corrected chi connectivity index (χ2v) is 5.72. The van der Waals surface area contributed by atoms with Gasteiger partial charge < -0.3 is 15.4 Å². The molecule has 0 radical (unpaired) electrons. The number of fused-ring (bicyclic) bond motifs is 1. The van der Waals surface area contributed by atoms with E-state index in [1.807, 2.05) is 12.1 Å². The highest BCUT2D eigenvalue weighted by Crippen LogP contribution is 2.33. The van der Waals surface area contributed by atoms with Crippen molar-refractivity contribution in [1.29, 1.82) is 0 Å². The van der Waals surface area contributed by atoms with Crippen molar-refractivity contribution < 1.29 is 4.74 Å². The fourth-order valence-corrected chi connectivity index (χ4v) is 3.08. The van der Waals surface area contributed by atoms with Gasteiger partial charge in [-0.3, -0.25) is 0 Å². The summed E-state index contributed by atoms with van der Waals surface area (Å²) in [4.78, 5) is 2.47. The summed E-state index contributed by atoms with van der Waals surface area (Å²) in [5.74, 6) is 0.866. The Hall–Kier alpha value is -2.16. The van der Waals surface area contributed by atoms with Gasteiger partial charge in [0.2, 0.25) is 0 Å². The Kier molecular flexibility index (Phi) is 3.74. The molecule has 0 amide bonds. The van der Waals surface area contributed by atoms with Crippen molar-refractivity contribution in [2.75, 3.05) is 17.7 Å². The molecule has 0 aromatic heterocycles. The lowest BCUT2D eigenvalue weighted by molar-refractivity contribution is 0.408. The van der Waals surface area contributed by atoms with Gasteiger partial charge in [-0.2, -0.15) is 0 Å². The lowest BCUT2D eigenvalue weighted by atomic mass is 9.96. The van der Waals surface area contributed by atoms with Gasteiger partial charge in [-0.25, -0.2) is 0 Å². The van der Waals surface area contributed by atoms with Crippen molar-refractivity contribution >= 4 is 11.4 Å². The molecule has 0 saturated heterocycles. The molecule has 3 rings (SSSR count). The van der Waals surface area contributed by atoms with E-state index in [9.17, 15) is 0 Å². The third-order valence-corrected chi connectivity index (χ3v) is 4.32. The molecular formula is C18H22N2O. The molecule has 21 heavy (non-hydrogen) atoms. The number of hydrogen-bond donors (Lipinski definition) is 1. The summed E-state index contributed by atoms with van der Waals surface area (Å²) < 4.78 is 5.48. The quantitative estimate of drug-likeness (QED) is 0.874. The number of hydrogen-bond acceptors (Lipinski definition) is 3. The highest BCUT2D eigenvalue weighted by atomic mass is 16.5. The van der Waals surface area contributed by atoms with Gasteiger partial charge in [0.25, 0.3) is 0 Å². The molecule has 2 aromatic rings. The van der Waals surface area contributed by atoms with Crippen LogP contribution in [0.4, 0.5) is 11.4 Å². The van der Waals surface area contributed by atoms with E-state index >= 15 is 0 Å². The van der Waals surface area contributed by atoms with Crippen LogP contribution in [0.5, 0.6) is 5.75 Å². The second kappa shape index (κ2) is 5.68. The molecule has 1 unspecified atom stereocenters. The van der Waals surface area contributed by atoms with Gasteiger partial charge in [0.05, 0.1) is 7.11 Å². The monoisotopic (exact) mass is 282 g/mol. The number of methoxy groups -OCH3 is 1. The number of benzene rings is 2. The zero-order valence-electron chi connectivity index (χ0n) is 12.7. The van der Waals surface area contributed by atoms with E-state index < -0.39 is 0 Å². The summed E-state index contributed by atoms with van der Waals surface area (Å²) in [6.45, 7) is 3.14. The van der Waals surface area contributed by atoms with E-state index in [1.54, 1.807) is 7.11 Å². The third-order valence-electron chi connectivity index (χ3n) is 4.32. The lowest BCUT2D eigenvalue weighted by Gasteiger charge is -2.37. The number of nitrogen functional groups attached to an aromatic ring is 1. The average Bonchev–Trinajstić information content (AvgIpc) is 2.51. The zero-order chi connectivity index (χ0) is 14.8. The molecule has 110 valence electrons. The van der Waals surface area contributed by atoms with E-state index in [1.165, 1.54) is 23.2 Å². The van der Waals surface area contributed by atoms with Crippen molar-refractivity contribution in [1.82, 2.24) is 0 Å². The Bertz CT molecular complexity index is 639. The van der Waals surface area contributed by atoms with Crippen LogP contribution in [0.25, 0.3) is 0 Å². The van der Waals surface area contributed by atoms with Crippen LogP contribution in [0.3, 0.4) is 0 Å². The van der Waals surface area contributed by atoms with Gasteiger partial charge in [0, 0.05) is 35.6 Å². The molecule has 1 atom stereocenters. The van der Waals surface area contributed by atoms with E-state index in [2.05, 4.69) is 42.2 Å². The van der Waals surface area contributed by atoms with Crippen LogP contribution in [0.1, 0.15) is 24.5 Å². The first-order valence-corrected chi connectivity index (χ1v) is 7.46. The summed E-state index contributed by atoms with van der Waals surface area (Å²) in [7, 11) is 1.70. The van der Waals surface area contributed by atoms with E-state index in [0.29, 0.717) is 6.04 Å². The maximum Gasteiger partial charge on any atom is 0.125 e. The maximum absolute atomic E-state index is 5.85. The molecule has 1 aliphatic heterocycles. The van der Waals surface area contributed by atoms with Gasteiger partial charge in [0.15, 0.2) is 0 Å². The number of para-hydroxylation sites is 1. The van der Waals surface area contributed by atoms with E-state index in [4.69, 9.17) is 10.5 Å². The van der Waals surface area contributed by atoms with Gasteiger partial charge in [-0.1, -0.05) is 24.3 Å². The predicted molar refractivity (Wildman–Crippen MR) is 87.8 cm³/mol. The Morgan fingerprint density at radius 3 is 2.86 bits per heavy atom. The minimum absolute atomic E-state index is 0.530. The highest BCUT2D eigenvalue weighted by molar-refractivity contribution is 5.58. The molecule has 2 N–H and O–H groups in total. The topological polar surface area (TPSA) is 38.5 Å². The average molecular weight is 282 g/mol. The summed E-state index contributed by atoms with van der Waals surface area (Å²) in [6, 6.07) is 15.1. The third kappa shape index (κ3) is 2.68. The molecule has 0 saturated carbocycles. The largest absolute Gasteiger partial charge is 0.496 e. The Morgan fingerprint density at radius 1 is 1.24 bits per heavy atom. The van der Waals surface area contributed by atoms with E-state index in [0.717, 1.165) is 24.4 Å². The van der Waals surface area contributed by atoms with Crippen LogP contribution in [0, 0.1) is 0 Å². The Balaban J connectivity index is 1.94. The molecule has 0 spiro atoms. The van der Waals surface area contributed by atoms with Gasteiger partial charge >= 0.3 is 0 Å². The molecular weight excluding hydrogens is 260 g/mol. The predicted octanol–water partition coefficient (Wildman–Crippen LogP) is 3.62. The summed E-state index contributed by atoms with van der Waals surface area (Å²) in [6.07, 6.45) is 2.35. The van der Waals surface area contributed by atoms with Crippen LogP contribution < -0.4 is 15.4 Å². The molecule has 0 aliphatic carbocycles. The molecule has 2 aromatic carbocycles. The molecule has 3 heteroatoms. The second-order valence-electron chi connectivity index (χ2n) is 5.72. The van der Waals surface area contributed by atoms with Gasteiger partial charge in [-0.15, -0.1) is 0 Å². The van der Waals surface area contributed by atoms with Crippen molar-refractivity contribution in [2.24, 2.45) is 0 Å². The van der Waals surface area contributed by atoms with E-state index in [-0.39, 0.29) is 0 Å². The smallest absolute Gasteiger partial charge is 0.125 e. The van der Waals surface area contributed by atoms with Crippen LogP contribution in [0.15, 0.2) is 42.5 Å². The van der Waals surface area contributed by atoms with Crippen molar-refractivity contribution in [3.8, 4) is 5.75 Å². The first kappa shape index (κ1) is 13.8. The van der Waals surface area contributed by atoms with Crippen LogP contribution in [0.2, 0.25) is 0 Å². The fourth-order valence-electron chi connectivity index (χ4n) is 3.08. The summed E-state index contributed by atoms with van der Waals surface area (Å²) in [5, 5.41) is 0. The number of nitrogens with zero attached hydrogens (tertiary/aromatic N) is 1. The fraction of sp³-hybridized carbons (Fsp3) is 0.333. The van der Waals surface area contributed by atoms with Gasteiger partial charge in [0.1, 0.15) is 5.75 Å². The first-order valence-electron chi connectivity index (χ1n) is 7.46. The van der Waals surface area contributed by atoms with Crippen LogP contribution in [-0.4, -0.2) is 13.2 Å². The minimum atomic E-state index is 0.530. The van der Waals surface area contributed by atoms with Crippen molar-refractivity contribution in [2.45, 2.75) is 32.4 Å². The van der Waals surface area contributed by atoms with Crippen molar-refractivity contribution in [3.05, 3.63) is 53.6 Å². The Labute approximate surface area is 126 Å². The number of nitrogens with two attached hydrogens (primary N) is 1.